The topological polar surface area (TPSA) is 55.1 Å². The van der Waals surface area contributed by atoms with E-state index in [1.807, 2.05) is 0 Å². The predicted octanol–water partition coefficient (Wildman–Crippen LogP) is 0.402. The molecule has 0 atom stereocenters. The SMILES string of the molecule is CC(C)(CN)NC(=O)C(F)(F)F. The minimum Gasteiger partial charge on any atom is -0.342 e. The van der Waals surface area contributed by atoms with Gasteiger partial charge in [0.25, 0.3) is 0 Å². The summed E-state index contributed by atoms with van der Waals surface area (Å²) >= 11 is 0. The van der Waals surface area contributed by atoms with Gasteiger partial charge in [0.1, 0.15) is 0 Å². The van der Waals surface area contributed by atoms with E-state index in [4.69, 9.17) is 5.73 Å². The van der Waals surface area contributed by atoms with Gasteiger partial charge in [-0.05, 0) is 13.8 Å². The average Bonchev–Trinajstić information content (AvgIpc) is 1.85. The highest BCUT2D eigenvalue weighted by molar-refractivity contribution is 5.82. The lowest BCUT2D eigenvalue weighted by molar-refractivity contribution is -0.175. The van der Waals surface area contributed by atoms with Crippen molar-refractivity contribution in [2.45, 2.75) is 25.6 Å². The highest BCUT2D eigenvalue weighted by Gasteiger charge is 2.40. The molecule has 0 saturated heterocycles. The van der Waals surface area contributed by atoms with Gasteiger partial charge in [0.05, 0.1) is 0 Å². The van der Waals surface area contributed by atoms with Crippen molar-refractivity contribution in [3.8, 4) is 0 Å². The maximum atomic E-state index is 11.7. The Balaban J connectivity index is 4.20. The van der Waals surface area contributed by atoms with Crippen molar-refractivity contribution in [2.75, 3.05) is 6.54 Å². The van der Waals surface area contributed by atoms with E-state index in [2.05, 4.69) is 0 Å². The van der Waals surface area contributed by atoms with Crippen LogP contribution in [0.5, 0.6) is 0 Å². The highest BCUT2D eigenvalue weighted by atomic mass is 19.4. The van der Waals surface area contributed by atoms with Crippen molar-refractivity contribution >= 4 is 5.91 Å². The standard InChI is InChI=1S/C6H11F3N2O/c1-5(2,3-10)11-4(12)6(7,8)9/h3,10H2,1-2H3,(H,11,12). The first-order chi connectivity index (χ1) is 5.19. The molecule has 12 heavy (non-hydrogen) atoms. The minimum absolute atomic E-state index is 0.0468. The van der Waals surface area contributed by atoms with Crippen LogP contribution in [0.2, 0.25) is 0 Å². The lowest BCUT2D eigenvalue weighted by Gasteiger charge is -2.24. The Hall–Kier alpha value is -0.780. The number of alkyl halides is 3. The molecule has 0 aliphatic heterocycles. The van der Waals surface area contributed by atoms with Crippen molar-refractivity contribution in [2.24, 2.45) is 5.73 Å². The van der Waals surface area contributed by atoms with E-state index >= 15 is 0 Å². The quantitative estimate of drug-likeness (QED) is 0.652. The van der Waals surface area contributed by atoms with Gasteiger partial charge in [-0.3, -0.25) is 4.79 Å². The van der Waals surface area contributed by atoms with E-state index < -0.39 is 17.6 Å². The number of rotatable bonds is 2. The van der Waals surface area contributed by atoms with Gasteiger partial charge in [-0.25, -0.2) is 0 Å². The van der Waals surface area contributed by atoms with Gasteiger partial charge in [0.2, 0.25) is 0 Å². The molecule has 3 N–H and O–H groups in total. The lowest BCUT2D eigenvalue weighted by atomic mass is 10.1. The zero-order valence-corrected chi connectivity index (χ0v) is 6.83. The van der Waals surface area contributed by atoms with E-state index in [-0.39, 0.29) is 6.54 Å². The third kappa shape index (κ3) is 3.56. The number of hydrogen-bond donors (Lipinski definition) is 2. The molecule has 0 aliphatic carbocycles. The molecule has 0 aromatic rings. The molecule has 72 valence electrons. The van der Waals surface area contributed by atoms with Gasteiger partial charge in [-0.2, -0.15) is 13.2 Å². The van der Waals surface area contributed by atoms with E-state index in [1.54, 1.807) is 5.32 Å². The monoisotopic (exact) mass is 184 g/mol. The van der Waals surface area contributed by atoms with Gasteiger partial charge in [0.15, 0.2) is 0 Å². The molecule has 0 radical (unpaired) electrons. The predicted molar refractivity (Wildman–Crippen MR) is 37.3 cm³/mol. The number of nitrogens with one attached hydrogen (secondary N) is 1. The lowest BCUT2D eigenvalue weighted by Crippen LogP contribution is -2.53. The Morgan fingerprint density at radius 2 is 1.83 bits per heavy atom. The van der Waals surface area contributed by atoms with Gasteiger partial charge < -0.3 is 11.1 Å². The van der Waals surface area contributed by atoms with Crippen molar-refractivity contribution in [3.63, 3.8) is 0 Å². The summed E-state index contributed by atoms with van der Waals surface area (Å²) in [6.45, 7) is 2.78. The van der Waals surface area contributed by atoms with Gasteiger partial charge in [-0.15, -0.1) is 0 Å². The van der Waals surface area contributed by atoms with Crippen molar-refractivity contribution in [1.82, 2.24) is 5.32 Å². The molecular formula is C6H11F3N2O. The Morgan fingerprint density at radius 1 is 1.42 bits per heavy atom. The summed E-state index contributed by atoms with van der Waals surface area (Å²) in [5, 5.41) is 1.76. The summed E-state index contributed by atoms with van der Waals surface area (Å²) < 4.78 is 35.0. The zero-order valence-electron chi connectivity index (χ0n) is 6.83. The van der Waals surface area contributed by atoms with Crippen molar-refractivity contribution in [1.29, 1.82) is 0 Å². The molecule has 0 bridgehead atoms. The Morgan fingerprint density at radius 3 is 2.08 bits per heavy atom. The molecule has 1 amide bonds. The molecule has 0 heterocycles. The third-order valence-electron chi connectivity index (χ3n) is 1.22. The van der Waals surface area contributed by atoms with Crippen LogP contribution in [0.25, 0.3) is 0 Å². The molecule has 0 aliphatic rings. The first-order valence-electron chi connectivity index (χ1n) is 3.28. The van der Waals surface area contributed by atoms with E-state index in [9.17, 15) is 18.0 Å². The molecule has 0 aromatic heterocycles. The Kier molecular flexibility index (Phi) is 3.09. The molecule has 0 saturated carbocycles. The largest absolute Gasteiger partial charge is 0.471 e. The molecule has 0 aromatic carbocycles. The number of hydrogen-bond acceptors (Lipinski definition) is 2. The first-order valence-corrected chi connectivity index (χ1v) is 3.28. The number of nitrogens with two attached hydrogens (primary N) is 1. The number of halogens is 3. The van der Waals surface area contributed by atoms with Crippen LogP contribution in [-0.2, 0) is 4.79 Å². The minimum atomic E-state index is -4.84. The molecule has 0 spiro atoms. The molecular weight excluding hydrogens is 173 g/mol. The normalized spacial score (nSPS) is 12.8. The Labute approximate surface area is 68.1 Å². The fraction of sp³-hybridized carbons (Fsp3) is 0.833. The fourth-order valence-corrected chi connectivity index (χ4v) is 0.429. The van der Waals surface area contributed by atoms with Crippen LogP contribution in [0, 0.1) is 0 Å². The van der Waals surface area contributed by atoms with Crippen LogP contribution < -0.4 is 11.1 Å². The summed E-state index contributed by atoms with van der Waals surface area (Å²) in [5.74, 6) is -1.96. The molecule has 0 rings (SSSR count). The molecule has 0 unspecified atom stereocenters. The summed E-state index contributed by atoms with van der Waals surface area (Å²) in [6, 6.07) is 0. The second-order valence-corrected chi connectivity index (χ2v) is 3.04. The van der Waals surface area contributed by atoms with E-state index in [0.717, 1.165) is 0 Å². The van der Waals surface area contributed by atoms with Crippen LogP contribution in [0.3, 0.4) is 0 Å². The summed E-state index contributed by atoms with van der Waals surface area (Å²) in [6.07, 6.45) is -4.84. The van der Waals surface area contributed by atoms with Gasteiger partial charge >= 0.3 is 12.1 Å². The second-order valence-electron chi connectivity index (χ2n) is 3.04. The average molecular weight is 184 g/mol. The Bertz CT molecular complexity index is 176. The molecule has 6 heteroatoms. The van der Waals surface area contributed by atoms with Crippen LogP contribution in [0.4, 0.5) is 13.2 Å². The molecule has 0 fully saturated rings. The summed E-state index contributed by atoms with van der Waals surface area (Å²) in [7, 11) is 0. The smallest absolute Gasteiger partial charge is 0.342 e. The van der Waals surface area contributed by atoms with Gasteiger partial charge in [-0.1, -0.05) is 0 Å². The van der Waals surface area contributed by atoms with Crippen molar-refractivity contribution in [3.05, 3.63) is 0 Å². The van der Waals surface area contributed by atoms with Crippen molar-refractivity contribution < 1.29 is 18.0 Å². The van der Waals surface area contributed by atoms with Crippen LogP contribution in [0.1, 0.15) is 13.8 Å². The number of amides is 1. The fourth-order valence-electron chi connectivity index (χ4n) is 0.429. The van der Waals surface area contributed by atoms with Gasteiger partial charge in [0, 0.05) is 12.1 Å². The summed E-state index contributed by atoms with van der Waals surface area (Å²) in [5.41, 5.74) is 4.09. The summed E-state index contributed by atoms with van der Waals surface area (Å²) in [4.78, 5) is 10.3. The maximum absolute atomic E-state index is 11.7. The van der Waals surface area contributed by atoms with E-state index in [1.165, 1.54) is 13.8 Å². The highest BCUT2D eigenvalue weighted by Crippen LogP contribution is 2.15. The van der Waals surface area contributed by atoms with Crippen LogP contribution in [0.15, 0.2) is 0 Å². The number of carbonyl (C=O) groups excluding carboxylic acids is 1. The zero-order chi connectivity index (χ0) is 9.99. The second kappa shape index (κ2) is 3.30. The van der Waals surface area contributed by atoms with Crippen LogP contribution in [-0.4, -0.2) is 24.2 Å². The maximum Gasteiger partial charge on any atom is 0.471 e. The van der Waals surface area contributed by atoms with Crippen LogP contribution >= 0.6 is 0 Å². The van der Waals surface area contributed by atoms with E-state index in [0.29, 0.717) is 0 Å². The molecule has 3 nitrogen and oxygen atoms in total. The first kappa shape index (κ1) is 11.2. The number of carbonyl (C=O) groups is 1. The third-order valence-corrected chi connectivity index (χ3v) is 1.22.